The summed E-state index contributed by atoms with van der Waals surface area (Å²) >= 11 is 4.98. The number of aryl methyl sites for hydroxylation is 1. The Morgan fingerprint density at radius 1 is 0.816 bits per heavy atom. The topological polar surface area (TPSA) is 43.8 Å². The normalized spacial score (nSPS) is 10.8. The van der Waals surface area contributed by atoms with Crippen molar-refractivity contribution >= 4 is 41.3 Å². The van der Waals surface area contributed by atoms with Crippen molar-refractivity contribution in [2.45, 2.75) is 44.4 Å². The number of thiol groups is 1. The van der Waals surface area contributed by atoms with E-state index in [0.29, 0.717) is 0 Å². The van der Waals surface area contributed by atoms with Crippen LogP contribution in [0.1, 0.15) is 48.5 Å². The highest BCUT2D eigenvalue weighted by molar-refractivity contribution is 7.80. The third kappa shape index (κ3) is 6.40. The highest BCUT2D eigenvalue weighted by Gasteiger charge is 2.20. The molecule has 0 amide bonds. The van der Waals surface area contributed by atoms with Crippen molar-refractivity contribution in [1.82, 2.24) is 0 Å². The van der Waals surface area contributed by atoms with Crippen LogP contribution in [0.3, 0.4) is 0 Å². The van der Waals surface area contributed by atoms with E-state index in [9.17, 15) is 9.90 Å². The van der Waals surface area contributed by atoms with Gasteiger partial charge in [-0.3, -0.25) is 0 Å². The number of nitrogens with zero attached hydrogens (tertiary/aromatic N) is 2. The predicted molar refractivity (Wildman–Crippen MR) is 163 cm³/mol. The van der Waals surface area contributed by atoms with E-state index in [-0.39, 0.29) is 5.56 Å². The van der Waals surface area contributed by atoms with Crippen LogP contribution < -0.4 is 9.80 Å². The molecule has 38 heavy (non-hydrogen) atoms. The molecule has 0 bridgehead atoms. The summed E-state index contributed by atoms with van der Waals surface area (Å²) in [6.07, 6.45) is 4.68. The van der Waals surface area contributed by atoms with Gasteiger partial charge < -0.3 is 14.9 Å². The van der Waals surface area contributed by atoms with Gasteiger partial charge in [0.2, 0.25) is 0 Å². The first-order valence-corrected chi connectivity index (χ1v) is 13.7. The van der Waals surface area contributed by atoms with Crippen molar-refractivity contribution in [2.75, 3.05) is 23.4 Å². The lowest BCUT2D eigenvalue weighted by atomic mass is 9.99. The van der Waals surface area contributed by atoms with Gasteiger partial charge in [-0.2, -0.15) is 0 Å². The molecule has 4 aromatic rings. The zero-order valence-corrected chi connectivity index (χ0v) is 23.3. The van der Waals surface area contributed by atoms with Gasteiger partial charge in [0.1, 0.15) is 0 Å². The maximum absolute atomic E-state index is 11.7. The molecule has 0 aliphatic heterocycles. The van der Waals surface area contributed by atoms with E-state index in [4.69, 9.17) is 12.6 Å². The fourth-order valence-corrected chi connectivity index (χ4v) is 5.03. The van der Waals surface area contributed by atoms with E-state index >= 15 is 0 Å². The van der Waals surface area contributed by atoms with Crippen LogP contribution in [0.15, 0.2) is 95.9 Å². The largest absolute Gasteiger partial charge is 0.478 e. The Balaban J connectivity index is 1.87. The van der Waals surface area contributed by atoms with Crippen LogP contribution in [0.25, 0.3) is 11.1 Å². The molecule has 0 radical (unpaired) electrons. The molecule has 0 saturated carbocycles. The van der Waals surface area contributed by atoms with Crippen molar-refractivity contribution in [1.29, 1.82) is 0 Å². The molecule has 0 aromatic heterocycles. The molecule has 0 spiro atoms. The fraction of sp³-hybridized carbons (Fsp3) is 0.242. The van der Waals surface area contributed by atoms with Gasteiger partial charge in [-0.1, -0.05) is 74.2 Å². The standard InChI is InChI=1S/C33H36N2O2S/c1-4-5-6-10-20-35(28-14-8-7-9-15-28)31-23-30(34(3)27-18-16-24(2)17-19-27)29(22-32(31)38)25-12-11-13-26(21-25)33(36)37/h7-9,11-19,21-23,38H,4-6,10,20H2,1-3H3,(H,36,37). The Kier molecular flexibility index (Phi) is 9.14. The molecule has 0 aliphatic carbocycles. The van der Waals surface area contributed by atoms with E-state index in [1.165, 1.54) is 24.8 Å². The lowest BCUT2D eigenvalue weighted by molar-refractivity contribution is 0.0697. The summed E-state index contributed by atoms with van der Waals surface area (Å²) in [5, 5.41) is 9.62. The first-order valence-electron chi connectivity index (χ1n) is 13.2. The molecule has 4 rings (SSSR count). The Hall–Kier alpha value is -3.70. The number of aromatic carboxylic acids is 1. The predicted octanol–water partition coefficient (Wildman–Crippen LogP) is 9.14. The molecule has 0 unspecified atom stereocenters. The van der Waals surface area contributed by atoms with Gasteiger partial charge in [0.15, 0.2) is 0 Å². The second kappa shape index (κ2) is 12.7. The van der Waals surface area contributed by atoms with Gasteiger partial charge in [-0.25, -0.2) is 4.79 Å². The Morgan fingerprint density at radius 2 is 1.55 bits per heavy atom. The Labute approximate surface area is 232 Å². The van der Waals surface area contributed by atoms with E-state index in [1.807, 2.05) is 12.1 Å². The van der Waals surface area contributed by atoms with Crippen molar-refractivity contribution < 1.29 is 9.90 Å². The molecule has 5 heteroatoms. The quantitative estimate of drug-likeness (QED) is 0.152. The number of hydrogen-bond acceptors (Lipinski definition) is 4. The van der Waals surface area contributed by atoms with Crippen LogP contribution in [0.4, 0.5) is 22.7 Å². The summed E-state index contributed by atoms with van der Waals surface area (Å²) in [7, 11) is 2.06. The first-order chi connectivity index (χ1) is 18.4. The number of carbonyl (C=O) groups is 1. The summed E-state index contributed by atoms with van der Waals surface area (Å²) in [4.78, 5) is 17.1. The van der Waals surface area contributed by atoms with Crippen LogP contribution in [-0.4, -0.2) is 24.7 Å². The fourth-order valence-electron chi connectivity index (χ4n) is 4.71. The third-order valence-electron chi connectivity index (χ3n) is 6.89. The van der Waals surface area contributed by atoms with Crippen LogP contribution in [-0.2, 0) is 0 Å². The minimum Gasteiger partial charge on any atom is -0.478 e. The summed E-state index contributed by atoms with van der Waals surface area (Å²) in [5.41, 5.74) is 7.44. The highest BCUT2D eigenvalue weighted by Crippen LogP contribution is 2.42. The summed E-state index contributed by atoms with van der Waals surface area (Å²) in [5.74, 6) is -0.940. The number of hydrogen-bond donors (Lipinski definition) is 2. The zero-order valence-electron chi connectivity index (χ0n) is 22.4. The second-order valence-corrected chi connectivity index (χ2v) is 10.2. The zero-order chi connectivity index (χ0) is 27.1. The number of benzene rings is 4. The van der Waals surface area contributed by atoms with Crippen LogP contribution in [0.2, 0.25) is 0 Å². The maximum Gasteiger partial charge on any atom is 0.335 e. The molecule has 4 nitrogen and oxygen atoms in total. The molecule has 0 heterocycles. The molecule has 1 N–H and O–H groups in total. The third-order valence-corrected chi connectivity index (χ3v) is 7.25. The van der Waals surface area contributed by atoms with E-state index < -0.39 is 5.97 Å². The molecule has 196 valence electrons. The van der Waals surface area contributed by atoms with Gasteiger partial charge in [0.25, 0.3) is 0 Å². The molecule has 0 aliphatic rings. The molecular weight excluding hydrogens is 488 g/mol. The van der Waals surface area contributed by atoms with Gasteiger partial charge in [-0.15, -0.1) is 12.6 Å². The molecule has 0 atom stereocenters. The van der Waals surface area contributed by atoms with Crippen LogP contribution in [0.5, 0.6) is 0 Å². The van der Waals surface area contributed by atoms with E-state index in [2.05, 4.69) is 91.4 Å². The van der Waals surface area contributed by atoms with Gasteiger partial charge in [0.05, 0.1) is 16.9 Å². The minimum atomic E-state index is -0.940. The molecule has 0 saturated heterocycles. The Morgan fingerprint density at radius 3 is 2.24 bits per heavy atom. The smallest absolute Gasteiger partial charge is 0.335 e. The van der Waals surface area contributed by atoms with Crippen molar-refractivity contribution in [3.05, 3.63) is 102 Å². The highest BCUT2D eigenvalue weighted by atomic mass is 32.1. The van der Waals surface area contributed by atoms with Crippen LogP contribution >= 0.6 is 12.6 Å². The summed E-state index contributed by atoms with van der Waals surface area (Å²) in [6, 6.07) is 30.3. The summed E-state index contributed by atoms with van der Waals surface area (Å²) < 4.78 is 0. The van der Waals surface area contributed by atoms with Gasteiger partial charge >= 0.3 is 5.97 Å². The van der Waals surface area contributed by atoms with Gasteiger partial charge in [0, 0.05) is 35.4 Å². The maximum atomic E-state index is 11.7. The summed E-state index contributed by atoms with van der Waals surface area (Å²) in [6.45, 7) is 5.20. The molecular formula is C33H36N2O2S. The van der Waals surface area contributed by atoms with E-state index in [1.54, 1.807) is 18.2 Å². The van der Waals surface area contributed by atoms with Gasteiger partial charge in [-0.05, 0) is 67.4 Å². The van der Waals surface area contributed by atoms with E-state index in [0.717, 1.165) is 51.7 Å². The molecule has 4 aromatic carbocycles. The molecule has 0 fully saturated rings. The first kappa shape index (κ1) is 27.3. The average Bonchev–Trinajstić information content (AvgIpc) is 2.94. The number of anilines is 4. The van der Waals surface area contributed by atoms with Crippen molar-refractivity contribution in [3.63, 3.8) is 0 Å². The number of rotatable bonds is 11. The monoisotopic (exact) mass is 524 g/mol. The van der Waals surface area contributed by atoms with Crippen LogP contribution in [0, 0.1) is 6.92 Å². The van der Waals surface area contributed by atoms with Crippen molar-refractivity contribution in [3.8, 4) is 11.1 Å². The number of para-hydroxylation sites is 1. The SMILES string of the molecule is CCCCCCN(c1ccccc1)c1cc(N(C)c2ccc(C)cc2)c(-c2cccc(C(=O)O)c2)cc1S. The number of carboxylic acid groups (broad SMARTS) is 1. The average molecular weight is 525 g/mol. The Bertz CT molecular complexity index is 1370. The minimum absolute atomic E-state index is 0.262. The van der Waals surface area contributed by atoms with Crippen molar-refractivity contribution in [2.24, 2.45) is 0 Å². The number of unbranched alkanes of at least 4 members (excludes halogenated alkanes) is 3. The lowest BCUT2D eigenvalue weighted by Crippen LogP contribution is -2.20. The second-order valence-electron chi connectivity index (χ2n) is 9.69. The lowest BCUT2D eigenvalue weighted by Gasteiger charge is -2.30. The number of carboxylic acids is 1.